The number of esters is 1. The van der Waals surface area contributed by atoms with Crippen molar-refractivity contribution in [3.63, 3.8) is 0 Å². The number of hydrazine groups is 1. The van der Waals surface area contributed by atoms with E-state index in [1.54, 1.807) is 6.92 Å². The zero-order valence-electron chi connectivity index (χ0n) is 14.6. The average Bonchev–Trinajstić information content (AvgIpc) is 3.27. The Bertz CT molecular complexity index is 833. The number of benzene rings is 1. The number of carbonyl (C=O) groups excluding carboxylic acids is 3. The van der Waals surface area contributed by atoms with E-state index in [1.807, 2.05) is 30.3 Å². The van der Waals surface area contributed by atoms with Crippen molar-refractivity contribution >= 4 is 17.8 Å². The molecule has 3 rings (SSSR count). The van der Waals surface area contributed by atoms with Crippen LogP contribution in [0.5, 0.6) is 0 Å². The lowest BCUT2D eigenvalue weighted by Gasteiger charge is -2.27. The van der Waals surface area contributed by atoms with Crippen molar-refractivity contribution in [1.82, 2.24) is 25.0 Å². The molecule has 2 heterocycles. The van der Waals surface area contributed by atoms with E-state index in [9.17, 15) is 14.4 Å². The van der Waals surface area contributed by atoms with E-state index in [0.717, 1.165) is 5.69 Å². The summed E-state index contributed by atoms with van der Waals surface area (Å²) in [4.78, 5) is 37.4. The van der Waals surface area contributed by atoms with Crippen molar-refractivity contribution in [2.24, 2.45) is 0 Å². The summed E-state index contributed by atoms with van der Waals surface area (Å²) in [5.74, 6) is -1.39. The Labute approximate surface area is 150 Å². The molecule has 0 N–H and O–H groups in total. The van der Waals surface area contributed by atoms with Crippen LogP contribution in [0.25, 0.3) is 5.69 Å². The maximum Gasteiger partial charge on any atom is 0.303 e. The predicted molar refractivity (Wildman–Crippen MR) is 90.1 cm³/mol. The third-order valence-corrected chi connectivity index (χ3v) is 3.92. The average molecular weight is 357 g/mol. The molecule has 9 nitrogen and oxygen atoms in total. The molecule has 0 radical (unpaired) electrons. The molecule has 0 aliphatic carbocycles. The number of hydrogen-bond donors (Lipinski definition) is 0. The van der Waals surface area contributed by atoms with Gasteiger partial charge in [0.1, 0.15) is 0 Å². The highest BCUT2D eigenvalue weighted by atomic mass is 16.5. The Morgan fingerprint density at radius 1 is 1.08 bits per heavy atom. The monoisotopic (exact) mass is 357 g/mol. The molecule has 0 atom stereocenters. The van der Waals surface area contributed by atoms with Gasteiger partial charge in [0, 0.05) is 20.0 Å². The van der Waals surface area contributed by atoms with Crippen LogP contribution in [0.2, 0.25) is 0 Å². The van der Waals surface area contributed by atoms with Crippen molar-refractivity contribution in [2.45, 2.75) is 20.3 Å². The Morgan fingerprint density at radius 3 is 2.46 bits per heavy atom. The van der Waals surface area contributed by atoms with Gasteiger partial charge in [0.15, 0.2) is 12.3 Å². The number of nitrogens with zero attached hydrogens (tertiary/aromatic N) is 5. The third-order valence-electron chi connectivity index (χ3n) is 3.92. The van der Waals surface area contributed by atoms with E-state index in [-0.39, 0.29) is 5.69 Å². The lowest BCUT2D eigenvalue weighted by atomic mass is 10.3. The number of carbonyl (C=O) groups is 3. The number of ether oxygens (including phenoxy) is 1. The van der Waals surface area contributed by atoms with Crippen molar-refractivity contribution in [1.29, 1.82) is 0 Å². The van der Waals surface area contributed by atoms with Gasteiger partial charge in [-0.3, -0.25) is 14.4 Å². The second-order valence-electron chi connectivity index (χ2n) is 5.84. The fraction of sp³-hybridized carbons (Fsp3) is 0.353. The molecule has 0 spiro atoms. The van der Waals surface area contributed by atoms with Crippen LogP contribution in [0.4, 0.5) is 0 Å². The van der Waals surface area contributed by atoms with Crippen LogP contribution in [0.3, 0.4) is 0 Å². The van der Waals surface area contributed by atoms with Crippen LogP contribution < -0.4 is 0 Å². The molecule has 0 bridgehead atoms. The van der Waals surface area contributed by atoms with Gasteiger partial charge >= 0.3 is 5.97 Å². The minimum atomic E-state index is -0.544. The molecule has 1 aliphatic heterocycles. The number of aromatic nitrogens is 3. The Balaban J connectivity index is 1.79. The Kier molecular flexibility index (Phi) is 4.97. The van der Waals surface area contributed by atoms with Crippen LogP contribution in [-0.2, 0) is 14.3 Å². The van der Waals surface area contributed by atoms with Gasteiger partial charge in [-0.1, -0.05) is 18.2 Å². The van der Waals surface area contributed by atoms with Crippen molar-refractivity contribution in [2.75, 3.05) is 19.7 Å². The molecule has 1 fully saturated rings. The van der Waals surface area contributed by atoms with Gasteiger partial charge in [-0.25, -0.2) is 10.0 Å². The molecule has 2 aromatic rings. The van der Waals surface area contributed by atoms with Crippen molar-refractivity contribution in [3.8, 4) is 5.69 Å². The maximum atomic E-state index is 12.9. The summed E-state index contributed by atoms with van der Waals surface area (Å²) < 4.78 is 4.74. The van der Waals surface area contributed by atoms with E-state index >= 15 is 0 Å². The summed E-state index contributed by atoms with van der Waals surface area (Å²) in [5.41, 5.74) is 1.39. The van der Waals surface area contributed by atoms with Gasteiger partial charge in [-0.15, -0.1) is 5.10 Å². The number of amides is 2. The number of para-hydroxylation sites is 1. The first kappa shape index (κ1) is 17.6. The number of aryl methyl sites for hydroxylation is 1. The first-order valence-corrected chi connectivity index (χ1v) is 8.22. The zero-order chi connectivity index (χ0) is 18.7. The second kappa shape index (κ2) is 7.34. The number of hydrogen-bond acceptors (Lipinski definition) is 6. The highest BCUT2D eigenvalue weighted by Crippen LogP contribution is 2.17. The fourth-order valence-corrected chi connectivity index (χ4v) is 2.70. The normalized spacial score (nSPS) is 13.8. The first-order chi connectivity index (χ1) is 12.5. The minimum absolute atomic E-state index is 0.182. The molecule has 9 heteroatoms. The molecule has 0 unspecified atom stereocenters. The summed E-state index contributed by atoms with van der Waals surface area (Å²) in [5, 5.41) is 11.2. The first-order valence-electron chi connectivity index (χ1n) is 8.22. The molecule has 136 valence electrons. The van der Waals surface area contributed by atoms with E-state index in [2.05, 4.69) is 10.2 Å². The van der Waals surface area contributed by atoms with Crippen molar-refractivity contribution < 1.29 is 19.1 Å². The molecule has 26 heavy (non-hydrogen) atoms. The molecule has 1 aliphatic rings. The highest BCUT2D eigenvalue weighted by molar-refractivity contribution is 5.95. The van der Waals surface area contributed by atoms with E-state index in [0.29, 0.717) is 25.2 Å². The van der Waals surface area contributed by atoms with Crippen molar-refractivity contribution in [3.05, 3.63) is 41.7 Å². The molecule has 2 amide bonds. The summed E-state index contributed by atoms with van der Waals surface area (Å²) in [6.45, 7) is 3.31. The fourth-order valence-electron chi connectivity index (χ4n) is 2.70. The summed E-state index contributed by atoms with van der Waals surface area (Å²) in [6, 6.07) is 9.25. The van der Waals surface area contributed by atoms with Gasteiger partial charge < -0.3 is 4.74 Å². The SMILES string of the molecule is CC(=O)OCC(=O)N1CCCN1C(=O)c1nn(-c2ccccc2)nc1C. The predicted octanol–water partition coefficient (Wildman–Crippen LogP) is 0.728. The van der Waals surface area contributed by atoms with Crippen LogP contribution >= 0.6 is 0 Å². The maximum absolute atomic E-state index is 12.9. The van der Waals surface area contributed by atoms with Gasteiger partial charge in [-0.2, -0.15) is 9.90 Å². The minimum Gasteiger partial charge on any atom is -0.456 e. The van der Waals surface area contributed by atoms with Crippen LogP contribution in [0.15, 0.2) is 30.3 Å². The summed E-state index contributed by atoms with van der Waals surface area (Å²) >= 11 is 0. The van der Waals surface area contributed by atoms with Gasteiger partial charge in [0.2, 0.25) is 0 Å². The Morgan fingerprint density at radius 2 is 1.77 bits per heavy atom. The van der Waals surface area contributed by atoms with Gasteiger partial charge in [-0.05, 0) is 25.5 Å². The van der Waals surface area contributed by atoms with Gasteiger partial charge in [0.25, 0.3) is 11.8 Å². The Hall–Kier alpha value is -3.23. The molecule has 1 aromatic heterocycles. The second-order valence-corrected chi connectivity index (χ2v) is 5.84. The van der Waals surface area contributed by atoms with Crippen LogP contribution in [-0.4, -0.2) is 62.5 Å². The standard InChI is InChI=1S/C17H19N5O4/c1-12-16(19-22(18-12)14-7-4-3-5-8-14)17(25)21-10-6-9-20(21)15(24)11-26-13(2)23/h3-5,7-8H,6,9-11H2,1-2H3. The molecular formula is C17H19N5O4. The zero-order valence-corrected chi connectivity index (χ0v) is 14.6. The smallest absolute Gasteiger partial charge is 0.303 e. The topological polar surface area (TPSA) is 97.6 Å². The number of rotatable bonds is 4. The van der Waals surface area contributed by atoms with E-state index in [4.69, 9.17) is 4.74 Å². The molecular weight excluding hydrogens is 338 g/mol. The lowest BCUT2D eigenvalue weighted by Crippen LogP contribution is -2.46. The highest BCUT2D eigenvalue weighted by Gasteiger charge is 2.34. The largest absolute Gasteiger partial charge is 0.456 e. The van der Waals surface area contributed by atoms with Gasteiger partial charge in [0.05, 0.1) is 11.4 Å². The third kappa shape index (κ3) is 3.56. The quantitative estimate of drug-likeness (QED) is 0.748. The van der Waals surface area contributed by atoms with Crippen LogP contribution in [0.1, 0.15) is 29.5 Å². The van der Waals surface area contributed by atoms with E-state index in [1.165, 1.54) is 21.7 Å². The lowest BCUT2D eigenvalue weighted by molar-refractivity contribution is -0.155. The summed E-state index contributed by atoms with van der Waals surface area (Å²) in [7, 11) is 0. The molecule has 1 saturated heterocycles. The van der Waals surface area contributed by atoms with E-state index < -0.39 is 24.4 Å². The van der Waals surface area contributed by atoms with Crippen LogP contribution in [0, 0.1) is 6.92 Å². The molecule has 1 aromatic carbocycles. The summed E-state index contributed by atoms with van der Waals surface area (Å²) in [6.07, 6.45) is 0.642. The molecule has 0 saturated carbocycles.